The zero-order valence-corrected chi connectivity index (χ0v) is 14.8. The molecular formula is C18H22N4S. The van der Waals surface area contributed by atoms with Crippen LogP contribution in [0.2, 0.25) is 0 Å². The van der Waals surface area contributed by atoms with Gasteiger partial charge in [0.2, 0.25) is 0 Å². The molecule has 1 atom stereocenters. The van der Waals surface area contributed by atoms with Gasteiger partial charge < -0.3 is 9.88 Å². The minimum Gasteiger partial charge on any atom is -0.304 e. The highest BCUT2D eigenvalue weighted by molar-refractivity contribution is 7.11. The Hall–Kier alpha value is -1.98. The summed E-state index contributed by atoms with van der Waals surface area (Å²) in [6.07, 6.45) is 3.81. The van der Waals surface area contributed by atoms with Crippen LogP contribution in [0.5, 0.6) is 0 Å². The van der Waals surface area contributed by atoms with Crippen LogP contribution in [-0.2, 0) is 6.54 Å². The van der Waals surface area contributed by atoms with Gasteiger partial charge in [-0.15, -0.1) is 11.3 Å². The van der Waals surface area contributed by atoms with Crippen molar-refractivity contribution in [2.75, 3.05) is 0 Å². The lowest BCUT2D eigenvalue weighted by Gasteiger charge is -2.14. The Morgan fingerprint density at radius 2 is 1.91 bits per heavy atom. The van der Waals surface area contributed by atoms with Gasteiger partial charge in [-0.3, -0.25) is 0 Å². The number of nitrogens with zero attached hydrogens (tertiary/aromatic N) is 3. The molecule has 120 valence electrons. The smallest absolute Gasteiger partial charge is 0.110 e. The third-order valence-corrected chi connectivity index (χ3v) is 5.20. The molecule has 0 fully saturated rings. The highest BCUT2D eigenvalue weighted by Gasteiger charge is 2.08. The number of hydrogen-bond acceptors (Lipinski definition) is 4. The molecule has 23 heavy (non-hydrogen) atoms. The number of benzene rings is 1. The quantitative estimate of drug-likeness (QED) is 0.767. The molecule has 0 amide bonds. The molecular weight excluding hydrogens is 304 g/mol. The van der Waals surface area contributed by atoms with E-state index >= 15 is 0 Å². The van der Waals surface area contributed by atoms with Crippen LogP contribution in [0.4, 0.5) is 0 Å². The lowest BCUT2D eigenvalue weighted by atomic mass is 10.1. The molecule has 0 aliphatic carbocycles. The van der Waals surface area contributed by atoms with E-state index in [0.717, 1.165) is 28.8 Å². The van der Waals surface area contributed by atoms with Crippen molar-refractivity contribution in [1.29, 1.82) is 0 Å². The molecule has 1 aromatic carbocycles. The predicted molar refractivity (Wildman–Crippen MR) is 95.1 cm³/mol. The first-order valence-corrected chi connectivity index (χ1v) is 8.63. The number of hydrogen-bond donors (Lipinski definition) is 1. The third kappa shape index (κ3) is 3.51. The topological polar surface area (TPSA) is 42.7 Å². The highest BCUT2D eigenvalue weighted by Crippen LogP contribution is 2.19. The van der Waals surface area contributed by atoms with Crippen molar-refractivity contribution in [3.8, 4) is 5.69 Å². The SMILES string of the molecule is Cc1nc(CNC(C)c2ccc(-n3ccnc3C)cc2)sc1C. The van der Waals surface area contributed by atoms with Crippen molar-refractivity contribution in [2.24, 2.45) is 0 Å². The summed E-state index contributed by atoms with van der Waals surface area (Å²) in [7, 11) is 0. The van der Waals surface area contributed by atoms with Crippen molar-refractivity contribution in [1.82, 2.24) is 19.9 Å². The largest absolute Gasteiger partial charge is 0.304 e. The van der Waals surface area contributed by atoms with Crippen molar-refractivity contribution in [3.05, 3.63) is 63.6 Å². The van der Waals surface area contributed by atoms with Gasteiger partial charge in [0.25, 0.3) is 0 Å². The van der Waals surface area contributed by atoms with Gasteiger partial charge in [-0.25, -0.2) is 9.97 Å². The Kier molecular flexibility index (Phi) is 4.59. The second-order valence-electron chi connectivity index (χ2n) is 5.79. The summed E-state index contributed by atoms with van der Waals surface area (Å²) in [6.45, 7) is 9.19. The van der Waals surface area contributed by atoms with E-state index in [1.54, 1.807) is 11.3 Å². The molecule has 0 radical (unpaired) electrons. The second-order valence-corrected chi connectivity index (χ2v) is 7.08. The van der Waals surface area contributed by atoms with E-state index in [-0.39, 0.29) is 6.04 Å². The predicted octanol–water partition coefficient (Wildman–Crippen LogP) is 4.10. The Morgan fingerprint density at radius 3 is 2.48 bits per heavy atom. The van der Waals surface area contributed by atoms with E-state index in [1.165, 1.54) is 10.4 Å². The fourth-order valence-electron chi connectivity index (χ4n) is 2.55. The molecule has 0 spiro atoms. The lowest BCUT2D eigenvalue weighted by Crippen LogP contribution is -2.18. The van der Waals surface area contributed by atoms with Gasteiger partial charge in [-0.1, -0.05) is 12.1 Å². The maximum Gasteiger partial charge on any atom is 0.110 e. The summed E-state index contributed by atoms with van der Waals surface area (Å²) >= 11 is 1.77. The van der Waals surface area contributed by atoms with Crippen molar-refractivity contribution in [2.45, 2.75) is 40.3 Å². The summed E-state index contributed by atoms with van der Waals surface area (Å²) in [5, 5.41) is 4.70. The van der Waals surface area contributed by atoms with Crippen LogP contribution >= 0.6 is 11.3 Å². The number of thiazole rings is 1. The fourth-order valence-corrected chi connectivity index (χ4v) is 3.43. The first-order valence-electron chi connectivity index (χ1n) is 7.81. The summed E-state index contributed by atoms with van der Waals surface area (Å²) in [6, 6.07) is 8.91. The second kappa shape index (κ2) is 6.64. The molecule has 5 heteroatoms. The fraction of sp³-hybridized carbons (Fsp3) is 0.333. The van der Waals surface area contributed by atoms with Crippen LogP contribution in [0.25, 0.3) is 5.69 Å². The van der Waals surface area contributed by atoms with Gasteiger partial charge in [0.15, 0.2) is 0 Å². The Balaban J connectivity index is 1.65. The molecule has 0 saturated heterocycles. The van der Waals surface area contributed by atoms with Crippen LogP contribution in [0, 0.1) is 20.8 Å². The average Bonchev–Trinajstić information content (AvgIpc) is 3.11. The van der Waals surface area contributed by atoms with E-state index in [2.05, 4.69) is 64.9 Å². The van der Waals surface area contributed by atoms with E-state index < -0.39 is 0 Å². The molecule has 3 rings (SSSR count). The van der Waals surface area contributed by atoms with Crippen LogP contribution in [0.15, 0.2) is 36.7 Å². The van der Waals surface area contributed by atoms with Crippen molar-refractivity contribution in [3.63, 3.8) is 0 Å². The maximum atomic E-state index is 4.58. The molecule has 1 N–H and O–H groups in total. The van der Waals surface area contributed by atoms with Crippen LogP contribution in [-0.4, -0.2) is 14.5 Å². The highest BCUT2D eigenvalue weighted by atomic mass is 32.1. The maximum absolute atomic E-state index is 4.58. The lowest BCUT2D eigenvalue weighted by molar-refractivity contribution is 0.573. The average molecular weight is 326 g/mol. The number of nitrogens with one attached hydrogen (secondary N) is 1. The van der Waals surface area contributed by atoms with E-state index in [0.29, 0.717) is 0 Å². The molecule has 2 heterocycles. The van der Waals surface area contributed by atoms with Gasteiger partial charge in [-0.05, 0) is 45.4 Å². The zero-order valence-electron chi connectivity index (χ0n) is 14.0. The molecule has 1 unspecified atom stereocenters. The number of aromatic nitrogens is 3. The Morgan fingerprint density at radius 1 is 1.17 bits per heavy atom. The summed E-state index contributed by atoms with van der Waals surface area (Å²) in [5.41, 5.74) is 3.55. The minimum absolute atomic E-state index is 0.289. The van der Waals surface area contributed by atoms with E-state index in [9.17, 15) is 0 Å². The van der Waals surface area contributed by atoms with Gasteiger partial charge in [0.05, 0.1) is 5.69 Å². The Bertz CT molecular complexity index is 766. The summed E-state index contributed by atoms with van der Waals surface area (Å²) < 4.78 is 2.09. The Labute approximate surface area is 141 Å². The molecule has 0 bridgehead atoms. The summed E-state index contributed by atoms with van der Waals surface area (Å²) in [5.74, 6) is 0.999. The van der Waals surface area contributed by atoms with Crippen molar-refractivity contribution < 1.29 is 0 Å². The number of imidazole rings is 1. The van der Waals surface area contributed by atoms with E-state index in [1.807, 2.05) is 19.3 Å². The first kappa shape index (κ1) is 15.9. The standard InChI is InChI=1S/C18H22N4S/c1-12-14(3)23-18(21-12)11-20-13(2)16-5-7-17(8-6-16)22-10-9-19-15(22)4/h5-10,13,20H,11H2,1-4H3. The van der Waals surface area contributed by atoms with Crippen molar-refractivity contribution >= 4 is 11.3 Å². The van der Waals surface area contributed by atoms with Gasteiger partial charge in [0.1, 0.15) is 10.8 Å². The first-order chi connectivity index (χ1) is 11.0. The number of rotatable bonds is 5. The normalized spacial score (nSPS) is 12.5. The zero-order chi connectivity index (χ0) is 16.4. The molecule has 0 saturated carbocycles. The minimum atomic E-state index is 0.289. The third-order valence-electron chi connectivity index (χ3n) is 4.13. The molecule has 2 aromatic heterocycles. The molecule has 4 nitrogen and oxygen atoms in total. The monoisotopic (exact) mass is 326 g/mol. The van der Waals surface area contributed by atoms with Crippen LogP contribution in [0.3, 0.4) is 0 Å². The summed E-state index contributed by atoms with van der Waals surface area (Å²) in [4.78, 5) is 10.1. The van der Waals surface area contributed by atoms with E-state index in [4.69, 9.17) is 0 Å². The molecule has 3 aromatic rings. The van der Waals surface area contributed by atoms with Gasteiger partial charge in [0, 0.05) is 35.5 Å². The van der Waals surface area contributed by atoms with Crippen LogP contribution in [0.1, 0.15) is 39.9 Å². The molecule has 0 aliphatic rings. The molecule has 0 aliphatic heterocycles. The van der Waals surface area contributed by atoms with Crippen LogP contribution < -0.4 is 5.32 Å². The van der Waals surface area contributed by atoms with Gasteiger partial charge >= 0.3 is 0 Å². The van der Waals surface area contributed by atoms with Gasteiger partial charge in [-0.2, -0.15) is 0 Å². The number of aryl methyl sites for hydroxylation is 3.